The molecule has 3 heterocycles. The van der Waals surface area contributed by atoms with Gasteiger partial charge in [0, 0.05) is 45.2 Å². The summed E-state index contributed by atoms with van der Waals surface area (Å²) in [6, 6.07) is 9.45. The van der Waals surface area contributed by atoms with E-state index in [4.69, 9.17) is 4.98 Å². The van der Waals surface area contributed by atoms with Crippen LogP contribution in [0.3, 0.4) is 0 Å². The highest BCUT2D eigenvalue weighted by molar-refractivity contribution is 9.11. The van der Waals surface area contributed by atoms with Gasteiger partial charge in [-0.25, -0.2) is 4.98 Å². The van der Waals surface area contributed by atoms with Crippen molar-refractivity contribution in [3.8, 4) is 0 Å². The number of rotatable bonds is 9. The van der Waals surface area contributed by atoms with E-state index < -0.39 is 0 Å². The number of amides is 3. The molecule has 3 aromatic rings. The molecule has 0 radical (unpaired) electrons. The number of thiophene rings is 1. The van der Waals surface area contributed by atoms with E-state index in [1.807, 2.05) is 40.8 Å². The Hall–Kier alpha value is -2.72. The monoisotopic (exact) mass is 585 g/mol. The zero-order valence-electron chi connectivity index (χ0n) is 21.0. The molecule has 0 unspecified atom stereocenters. The van der Waals surface area contributed by atoms with E-state index in [-0.39, 0.29) is 17.7 Å². The Balaban J connectivity index is 1.37. The normalized spacial score (nSPS) is 16.2. The first-order valence-corrected chi connectivity index (χ1v) is 14.6. The molecule has 2 aliphatic rings. The number of carbonyl (C=O) groups is 3. The van der Waals surface area contributed by atoms with Gasteiger partial charge in [0.15, 0.2) is 0 Å². The maximum absolute atomic E-state index is 12.9. The number of benzene rings is 1. The zero-order chi connectivity index (χ0) is 25.9. The van der Waals surface area contributed by atoms with E-state index in [1.54, 1.807) is 11.0 Å². The summed E-state index contributed by atoms with van der Waals surface area (Å²) >= 11 is 4.78. The first kappa shape index (κ1) is 25.9. The number of fused-ring (bicyclic) bond motifs is 1. The number of carbonyl (C=O) groups excluding carboxylic acids is 3. The van der Waals surface area contributed by atoms with Crippen molar-refractivity contribution >= 4 is 67.7 Å². The lowest BCUT2D eigenvalue weighted by molar-refractivity contribution is -0.127. The minimum Gasteiger partial charge on any atom is -0.343 e. The summed E-state index contributed by atoms with van der Waals surface area (Å²) in [5, 5.41) is 2.98. The van der Waals surface area contributed by atoms with E-state index in [0.29, 0.717) is 42.7 Å². The first-order valence-electron chi connectivity index (χ1n) is 13.0. The molecule has 0 bridgehead atoms. The molecule has 196 valence electrons. The van der Waals surface area contributed by atoms with Crippen molar-refractivity contribution in [1.29, 1.82) is 0 Å². The third-order valence-electron chi connectivity index (χ3n) is 7.43. The van der Waals surface area contributed by atoms with Crippen LogP contribution in [0.1, 0.15) is 61.0 Å². The SMILES string of the molecule is CN(C(=O)CC1CCCC1)c1ccc2c(c1)nc(NC(=O)c1ccc(Br)s1)n2CCCN1CCCC1=O. The number of imidazole rings is 1. The molecule has 0 atom stereocenters. The van der Waals surface area contributed by atoms with Crippen molar-refractivity contribution in [1.82, 2.24) is 14.5 Å². The molecule has 3 amide bonds. The highest BCUT2D eigenvalue weighted by Crippen LogP contribution is 2.30. The van der Waals surface area contributed by atoms with Crippen molar-refractivity contribution in [3.05, 3.63) is 39.0 Å². The predicted molar refractivity (Wildman–Crippen MR) is 150 cm³/mol. The lowest BCUT2D eigenvalue weighted by atomic mass is 10.0. The van der Waals surface area contributed by atoms with Crippen LogP contribution >= 0.6 is 27.3 Å². The minimum absolute atomic E-state index is 0.123. The molecule has 1 saturated carbocycles. The van der Waals surface area contributed by atoms with Crippen LogP contribution < -0.4 is 10.2 Å². The van der Waals surface area contributed by atoms with Gasteiger partial charge in [-0.1, -0.05) is 12.8 Å². The molecule has 1 aliphatic carbocycles. The Morgan fingerprint density at radius 1 is 1.16 bits per heavy atom. The number of aryl methyl sites for hydroxylation is 1. The maximum Gasteiger partial charge on any atom is 0.268 e. The second-order valence-corrected chi connectivity index (χ2v) is 12.4. The Morgan fingerprint density at radius 2 is 1.97 bits per heavy atom. The van der Waals surface area contributed by atoms with Crippen LogP contribution in [0.5, 0.6) is 0 Å². The molecule has 2 aromatic heterocycles. The number of likely N-dealkylation sites (tertiary alicyclic amines) is 1. The Bertz CT molecular complexity index is 1310. The molecule has 1 N–H and O–H groups in total. The molecular weight excluding hydrogens is 554 g/mol. The topological polar surface area (TPSA) is 87.5 Å². The summed E-state index contributed by atoms with van der Waals surface area (Å²) in [4.78, 5) is 46.9. The highest BCUT2D eigenvalue weighted by Gasteiger charge is 2.23. The molecule has 37 heavy (non-hydrogen) atoms. The first-order chi connectivity index (χ1) is 17.9. The lowest BCUT2D eigenvalue weighted by Crippen LogP contribution is -2.27. The van der Waals surface area contributed by atoms with Gasteiger partial charge in [0.25, 0.3) is 5.91 Å². The summed E-state index contributed by atoms with van der Waals surface area (Å²) < 4.78 is 2.89. The number of hydrogen-bond acceptors (Lipinski definition) is 5. The second-order valence-electron chi connectivity index (χ2n) is 9.96. The van der Waals surface area contributed by atoms with Gasteiger partial charge in [-0.05, 0) is 77.9 Å². The van der Waals surface area contributed by atoms with Crippen molar-refractivity contribution in [2.24, 2.45) is 5.92 Å². The minimum atomic E-state index is -0.217. The van der Waals surface area contributed by atoms with E-state index in [9.17, 15) is 14.4 Å². The van der Waals surface area contributed by atoms with Crippen LogP contribution in [0.4, 0.5) is 11.6 Å². The van der Waals surface area contributed by atoms with Crippen molar-refractivity contribution < 1.29 is 14.4 Å². The van der Waals surface area contributed by atoms with Crippen LogP contribution in [-0.4, -0.2) is 52.3 Å². The summed E-state index contributed by atoms with van der Waals surface area (Å²) in [5.41, 5.74) is 2.40. The van der Waals surface area contributed by atoms with Gasteiger partial charge in [0.1, 0.15) is 0 Å². The molecule has 8 nitrogen and oxygen atoms in total. The third-order valence-corrected chi connectivity index (χ3v) is 9.06. The summed E-state index contributed by atoms with van der Waals surface area (Å²) in [7, 11) is 1.82. The maximum atomic E-state index is 12.9. The summed E-state index contributed by atoms with van der Waals surface area (Å²) in [6.07, 6.45) is 7.58. The average Bonchev–Trinajstić information content (AvgIpc) is 3.68. The smallest absolute Gasteiger partial charge is 0.268 e. The molecule has 0 spiro atoms. The largest absolute Gasteiger partial charge is 0.343 e. The highest BCUT2D eigenvalue weighted by atomic mass is 79.9. The fourth-order valence-electron chi connectivity index (χ4n) is 5.35. The lowest BCUT2D eigenvalue weighted by Gasteiger charge is -2.19. The van der Waals surface area contributed by atoms with Crippen molar-refractivity contribution in [3.63, 3.8) is 0 Å². The number of hydrogen-bond donors (Lipinski definition) is 1. The van der Waals surface area contributed by atoms with Gasteiger partial charge in [0.05, 0.1) is 19.7 Å². The van der Waals surface area contributed by atoms with Gasteiger partial charge >= 0.3 is 0 Å². The predicted octanol–water partition coefficient (Wildman–Crippen LogP) is 5.67. The van der Waals surface area contributed by atoms with Gasteiger partial charge in [-0.2, -0.15) is 0 Å². The van der Waals surface area contributed by atoms with Crippen LogP contribution in [0.2, 0.25) is 0 Å². The fourth-order valence-corrected chi connectivity index (χ4v) is 6.63. The molecule has 1 aliphatic heterocycles. The standard InChI is InChI=1S/C27H32BrN5O3S/c1-31(25(35)16-18-6-2-3-7-18)19-9-10-21-20(17-19)29-27(30-26(36)22-11-12-23(28)37-22)33(21)15-5-14-32-13-4-8-24(32)34/h9-12,17-18H,2-8,13-16H2,1H3,(H,29,30,36). The van der Waals surface area contributed by atoms with E-state index >= 15 is 0 Å². The van der Waals surface area contributed by atoms with Gasteiger partial charge in [-0.15, -0.1) is 11.3 Å². The molecule has 1 saturated heterocycles. The summed E-state index contributed by atoms with van der Waals surface area (Å²) in [6.45, 7) is 2.10. The van der Waals surface area contributed by atoms with Gasteiger partial charge < -0.3 is 14.4 Å². The number of halogens is 1. The number of aromatic nitrogens is 2. The summed E-state index contributed by atoms with van der Waals surface area (Å²) in [5.74, 6) is 1.07. The zero-order valence-corrected chi connectivity index (χ0v) is 23.4. The van der Waals surface area contributed by atoms with Crippen LogP contribution in [0.15, 0.2) is 34.1 Å². The Labute approximate surface area is 229 Å². The van der Waals surface area contributed by atoms with Gasteiger partial charge in [-0.3, -0.25) is 19.7 Å². The number of nitrogens with one attached hydrogen (secondary N) is 1. The van der Waals surface area contributed by atoms with Crippen LogP contribution in [0, 0.1) is 5.92 Å². The van der Waals surface area contributed by atoms with E-state index in [2.05, 4.69) is 21.2 Å². The quantitative estimate of drug-likeness (QED) is 0.350. The van der Waals surface area contributed by atoms with Crippen LogP contribution in [-0.2, 0) is 16.1 Å². The molecule has 1 aromatic carbocycles. The molecule has 2 fully saturated rings. The fraction of sp³-hybridized carbons (Fsp3) is 0.481. The van der Waals surface area contributed by atoms with Gasteiger partial charge in [0.2, 0.25) is 17.8 Å². The molecule has 10 heteroatoms. The van der Waals surface area contributed by atoms with Crippen molar-refractivity contribution in [2.75, 3.05) is 30.4 Å². The van der Waals surface area contributed by atoms with Crippen molar-refractivity contribution in [2.45, 2.75) is 57.9 Å². The number of nitrogens with zero attached hydrogens (tertiary/aromatic N) is 4. The Kier molecular flexibility index (Phi) is 7.95. The van der Waals surface area contributed by atoms with E-state index in [1.165, 1.54) is 24.2 Å². The number of anilines is 2. The molecular formula is C27H32BrN5O3S. The third kappa shape index (κ3) is 5.90. The molecule has 5 rings (SSSR count). The average molecular weight is 587 g/mol. The van der Waals surface area contributed by atoms with Crippen LogP contribution in [0.25, 0.3) is 11.0 Å². The second kappa shape index (κ2) is 11.3. The Morgan fingerprint density at radius 3 is 2.68 bits per heavy atom. The van der Waals surface area contributed by atoms with E-state index in [0.717, 1.165) is 52.7 Å².